The molecule has 1 heterocycles. The second-order valence-corrected chi connectivity index (χ2v) is 7.57. The van der Waals surface area contributed by atoms with Crippen LogP contribution < -0.4 is 25.4 Å². The lowest BCUT2D eigenvalue weighted by molar-refractivity contribution is -0.113. The summed E-state index contributed by atoms with van der Waals surface area (Å²) >= 11 is 0. The molecule has 7 heteroatoms. The van der Waals surface area contributed by atoms with E-state index in [1.54, 1.807) is 26.2 Å². The molecule has 4 rings (SSSR count). The third-order valence-electron chi connectivity index (χ3n) is 5.33. The molecule has 0 bridgehead atoms. The summed E-state index contributed by atoms with van der Waals surface area (Å²) in [6.45, 7) is 2.16. The van der Waals surface area contributed by atoms with E-state index in [1.807, 2.05) is 66.7 Å². The van der Waals surface area contributed by atoms with Crippen LogP contribution in [0.15, 0.2) is 90.1 Å². The van der Waals surface area contributed by atoms with Gasteiger partial charge in [-0.25, -0.2) is 4.79 Å². The Morgan fingerprint density at radius 3 is 2.39 bits per heavy atom. The predicted octanol–water partition coefficient (Wildman–Crippen LogP) is 4.54. The van der Waals surface area contributed by atoms with E-state index in [0.29, 0.717) is 35.1 Å². The van der Waals surface area contributed by atoms with Crippen molar-refractivity contribution in [3.63, 3.8) is 0 Å². The van der Waals surface area contributed by atoms with Gasteiger partial charge < -0.3 is 25.4 Å². The Bertz CT molecular complexity index is 1170. The normalized spacial score (nSPS) is 15.3. The van der Waals surface area contributed by atoms with Gasteiger partial charge in [0.2, 0.25) is 0 Å². The van der Waals surface area contributed by atoms with E-state index in [0.717, 1.165) is 11.1 Å². The van der Waals surface area contributed by atoms with Crippen LogP contribution in [0.4, 0.5) is 10.5 Å². The highest BCUT2D eigenvalue weighted by Gasteiger charge is 2.31. The van der Waals surface area contributed by atoms with Gasteiger partial charge >= 0.3 is 6.03 Å². The molecule has 1 aliphatic heterocycles. The molecule has 0 fully saturated rings. The van der Waals surface area contributed by atoms with Gasteiger partial charge in [0.1, 0.15) is 18.1 Å². The first-order chi connectivity index (χ1) is 16.0. The molecule has 7 nitrogen and oxygen atoms in total. The maximum Gasteiger partial charge on any atom is 0.319 e. The first-order valence-electron chi connectivity index (χ1n) is 10.5. The second kappa shape index (κ2) is 9.91. The summed E-state index contributed by atoms with van der Waals surface area (Å²) in [7, 11) is 1.54. The lowest BCUT2D eigenvalue weighted by atomic mass is 9.94. The fourth-order valence-electron chi connectivity index (χ4n) is 3.68. The summed E-state index contributed by atoms with van der Waals surface area (Å²) in [5.74, 6) is 0.913. The Labute approximate surface area is 192 Å². The number of carbonyl (C=O) groups is 2. The largest absolute Gasteiger partial charge is 0.495 e. The first kappa shape index (κ1) is 22.0. The Morgan fingerprint density at radius 1 is 0.970 bits per heavy atom. The minimum absolute atomic E-state index is 0.334. The van der Waals surface area contributed by atoms with Gasteiger partial charge in [-0.1, -0.05) is 54.6 Å². The molecule has 168 valence electrons. The number of allylic oxidation sites excluding steroid dienone is 1. The lowest BCUT2D eigenvalue weighted by Gasteiger charge is -2.29. The summed E-state index contributed by atoms with van der Waals surface area (Å²) in [5, 5.41) is 8.42. The van der Waals surface area contributed by atoms with E-state index in [4.69, 9.17) is 9.47 Å². The van der Waals surface area contributed by atoms with Crippen LogP contribution >= 0.6 is 0 Å². The first-order valence-corrected chi connectivity index (χ1v) is 10.5. The Hall–Kier alpha value is -4.26. The molecule has 0 radical (unpaired) electrons. The van der Waals surface area contributed by atoms with Crippen molar-refractivity contribution in [2.24, 2.45) is 0 Å². The van der Waals surface area contributed by atoms with Crippen LogP contribution in [0.1, 0.15) is 24.1 Å². The number of urea groups is 1. The van der Waals surface area contributed by atoms with E-state index >= 15 is 0 Å². The average Bonchev–Trinajstić information content (AvgIpc) is 2.83. The molecule has 1 aliphatic rings. The molecule has 3 aromatic rings. The van der Waals surface area contributed by atoms with Gasteiger partial charge in [0.15, 0.2) is 0 Å². The smallest absolute Gasteiger partial charge is 0.319 e. The van der Waals surface area contributed by atoms with Crippen LogP contribution in [0.2, 0.25) is 0 Å². The molecule has 0 saturated heterocycles. The zero-order chi connectivity index (χ0) is 23.2. The number of nitrogens with one attached hydrogen (secondary N) is 3. The van der Waals surface area contributed by atoms with Crippen molar-refractivity contribution in [3.8, 4) is 11.5 Å². The zero-order valence-corrected chi connectivity index (χ0v) is 18.4. The van der Waals surface area contributed by atoms with Crippen LogP contribution in [0.3, 0.4) is 0 Å². The van der Waals surface area contributed by atoms with Gasteiger partial charge in [-0.05, 0) is 42.3 Å². The quantitative estimate of drug-likeness (QED) is 0.500. The Morgan fingerprint density at radius 2 is 1.67 bits per heavy atom. The summed E-state index contributed by atoms with van der Waals surface area (Å²) in [6.07, 6.45) is 0. The van der Waals surface area contributed by atoms with Crippen molar-refractivity contribution in [1.29, 1.82) is 0 Å². The predicted molar refractivity (Wildman–Crippen MR) is 126 cm³/mol. The molecule has 0 aliphatic carbocycles. The van der Waals surface area contributed by atoms with Crippen molar-refractivity contribution in [2.45, 2.75) is 19.6 Å². The number of benzene rings is 3. The topological polar surface area (TPSA) is 88.7 Å². The molecule has 0 aromatic heterocycles. The van der Waals surface area contributed by atoms with Gasteiger partial charge in [0, 0.05) is 5.70 Å². The monoisotopic (exact) mass is 443 g/mol. The third-order valence-corrected chi connectivity index (χ3v) is 5.33. The molecule has 0 spiro atoms. The SMILES string of the molecule is COc1ccccc1NC(=O)C1=C(C)NC(=O)N[C@@H]1c1ccc(OCc2ccccc2)cc1. The Kier molecular flexibility index (Phi) is 6.59. The van der Waals surface area contributed by atoms with Crippen LogP contribution in [-0.2, 0) is 11.4 Å². The van der Waals surface area contributed by atoms with Crippen LogP contribution in [-0.4, -0.2) is 19.0 Å². The number of ether oxygens (including phenoxy) is 2. The van der Waals surface area contributed by atoms with E-state index < -0.39 is 6.04 Å². The van der Waals surface area contributed by atoms with Crippen LogP contribution in [0.25, 0.3) is 0 Å². The molecule has 3 amide bonds. The number of carbonyl (C=O) groups excluding carboxylic acids is 2. The van der Waals surface area contributed by atoms with E-state index in [2.05, 4.69) is 16.0 Å². The highest BCUT2D eigenvalue weighted by Crippen LogP contribution is 2.31. The lowest BCUT2D eigenvalue weighted by Crippen LogP contribution is -2.45. The minimum atomic E-state index is -0.614. The number of para-hydroxylation sites is 2. The van der Waals surface area contributed by atoms with Gasteiger partial charge in [0.05, 0.1) is 24.4 Å². The van der Waals surface area contributed by atoms with Crippen molar-refractivity contribution >= 4 is 17.6 Å². The second-order valence-electron chi connectivity index (χ2n) is 7.57. The van der Waals surface area contributed by atoms with Gasteiger partial charge in [-0.3, -0.25) is 4.79 Å². The summed E-state index contributed by atoms with van der Waals surface area (Å²) < 4.78 is 11.2. The van der Waals surface area contributed by atoms with Crippen molar-refractivity contribution in [1.82, 2.24) is 10.6 Å². The molecular formula is C26H25N3O4. The van der Waals surface area contributed by atoms with Crippen molar-refractivity contribution in [3.05, 3.63) is 101 Å². The Balaban J connectivity index is 1.54. The van der Waals surface area contributed by atoms with Crippen LogP contribution in [0, 0.1) is 0 Å². The van der Waals surface area contributed by atoms with Crippen molar-refractivity contribution < 1.29 is 19.1 Å². The molecule has 3 N–H and O–H groups in total. The number of hydrogen-bond acceptors (Lipinski definition) is 4. The number of rotatable bonds is 7. The summed E-state index contributed by atoms with van der Waals surface area (Å²) in [5.41, 5.74) is 3.28. The minimum Gasteiger partial charge on any atom is -0.495 e. The highest BCUT2D eigenvalue weighted by atomic mass is 16.5. The zero-order valence-electron chi connectivity index (χ0n) is 18.4. The molecular weight excluding hydrogens is 418 g/mol. The van der Waals surface area contributed by atoms with Gasteiger partial charge in [-0.2, -0.15) is 0 Å². The number of hydrogen-bond donors (Lipinski definition) is 3. The summed E-state index contributed by atoms with van der Waals surface area (Å²) in [6, 6.07) is 23.4. The molecule has 0 unspecified atom stereocenters. The standard InChI is InChI=1S/C26H25N3O4/c1-17-23(25(30)28-21-10-6-7-11-22(21)32-2)24(29-26(31)27-17)19-12-14-20(15-13-19)33-16-18-8-4-3-5-9-18/h3-15,24H,16H2,1-2H3,(H,28,30)(H2,27,29,31)/t24-/m1/s1. The van der Waals surface area contributed by atoms with Crippen molar-refractivity contribution in [2.75, 3.05) is 12.4 Å². The molecule has 33 heavy (non-hydrogen) atoms. The van der Waals surface area contributed by atoms with Gasteiger partial charge in [0.25, 0.3) is 5.91 Å². The molecule has 0 saturated carbocycles. The highest BCUT2D eigenvalue weighted by molar-refractivity contribution is 6.07. The van der Waals surface area contributed by atoms with E-state index in [1.165, 1.54) is 0 Å². The maximum absolute atomic E-state index is 13.2. The van der Waals surface area contributed by atoms with Crippen LogP contribution in [0.5, 0.6) is 11.5 Å². The number of amides is 3. The van der Waals surface area contributed by atoms with E-state index in [-0.39, 0.29) is 11.9 Å². The fraction of sp³-hybridized carbons (Fsp3) is 0.154. The van der Waals surface area contributed by atoms with Gasteiger partial charge in [-0.15, -0.1) is 0 Å². The third kappa shape index (κ3) is 5.15. The molecule has 1 atom stereocenters. The number of methoxy groups -OCH3 is 1. The maximum atomic E-state index is 13.2. The van der Waals surface area contributed by atoms with E-state index in [9.17, 15) is 9.59 Å². The summed E-state index contributed by atoms with van der Waals surface area (Å²) in [4.78, 5) is 25.4. The molecule has 3 aromatic carbocycles. The number of anilines is 1. The average molecular weight is 444 g/mol. The fourth-order valence-corrected chi connectivity index (χ4v) is 3.68.